The number of aliphatic hydroxyl groups is 1. The van der Waals surface area contributed by atoms with Crippen molar-refractivity contribution in [2.24, 2.45) is 0 Å². The SMILES string of the molecule is C[N+]1(CCCCO)CCCCC1. The molecule has 0 aromatic heterocycles. The molecule has 0 aromatic rings. The molecule has 1 aliphatic heterocycles. The van der Waals surface area contributed by atoms with E-state index in [-0.39, 0.29) is 0 Å². The average Bonchev–Trinajstić information content (AvgIpc) is 2.06. The highest BCUT2D eigenvalue weighted by atomic mass is 16.2. The average molecular weight is 172 g/mol. The van der Waals surface area contributed by atoms with Crippen molar-refractivity contribution in [1.82, 2.24) is 0 Å². The second kappa shape index (κ2) is 4.83. The molecule has 0 aliphatic carbocycles. The smallest absolute Gasteiger partial charge is 0.0785 e. The molecule has 2 nitrogen and oxygen atoms in total. The molecule has 1 rings (SSSR count). The predicted octanol–water partition coefficient (Wildman–Crippen LogP) is 1.39. The van der Waals surface area contributed by atoms with E-state index in [1.54, 1.807) is 0 Å². The van der Waals surface area contributed by atoms with E-state index in [9.17, 15) is 0 Å². The van der Waals surface area contributed by atoms with Gasteiger partial charge in [-0.15, -0.1) is 0 Å². The van der Waals surface area contributed by atoms with Crippen LogP contribution in [-0.4, -0.2) is 42.9 Å². The topological polar surface area (TPSA) is 20.2 Å². The van der Waals surface area contributed by atoms with Crippen LogP contribution < -0.4 is 0 Å². The third kappa shape index (κ3) is 3.11. The van der Waals surface area contributed by atoms with Gasteiger partial charge in [-0.3, -0.25) is 0 Å². The van der Waals surface area contributed by atoms with Crippen molar-refractivity contribution in [1.29, 1.82) is 0 Å². The van der Waals surface area contributed by atoms with E-state index in [1.165, 1.54) is 49.8 Å². The standard InChI is InChI=1S/C10H22NO/c1-11(9-5-6-10-12)7-3-2-4-8-11/h12H,2-10H2,1H3/q+1. The summed E-state index contributed by atoms with van der Waals surface area (Å²) in [4.78, 5) is 0. The number of hydrogen-bond donors (Lipinski definition) is 1. The molecule has 2 heteroatoms. The van der Waals surface area contributed by atoms with Crippen LogP contribution in [0.25, 0.3) is 0 Å². The van der Waals surface area contributed by atoms with Gasteiger partial charge >= 0.3 is 0 Å². The van der Waals surface area contributed by atoms with Crippen LogP contribution in [0.15, 0.2) is 0 Å². The maximum absolute atomic E-state index is 8.67. The van der Waals surface area contributed by atoms with Crippen LogP contribution in [0.3, 0.4) is 0 Å². The number of aliphatic hydroxyl groups excluding tert-OH is 1. The summed E-state index contributed by atoms with van der Waals surface area (Å²) in [6.45, 7) is 4.33. The van der Waals surface area contributed by atoms with Crippen LogP contribution in [0.5, 0.6) is 0 Å². The fourth-order valence-electron chi connectivity index (χ4n) is 2.10. The molecule has 1 heterocycles. The summed E-state index contributed by atoms with van der Waals surface area (Å²) in [7, 11) is 2.36. The first-order chi connectivity index (χ1) is 5.77. The number of rotatable bonds is 4. The summed E-state index contributed by atoms with van der Waals surface area (Å²) in [6.07, 6.45) is 6.39. The Kier molecular flexibility index (Phi) is 4.02. The summed E-state index contributed by atoms with van der Waals surface area (Å²) in [5, 5.41) is 8.67. The molecule has 0 atom stereocenters. The van der Waals surface area contributed by atoms with Crippen LogP contribution in [-0.2, 0) is 0 Å². The van der Waals surface area contributed by atoms with E-state index < -0.39 is 0 Å². The van der Waals surface area contributed by atoms with Crippen LogP contribution >= 0.6 is 0 Å². The molecule has 1 fully saturated rings. The second-order valence-corrected chi connectivity index (χ2v) is 4.28. The molecule has 0 radical (unpaired) electrons. The Balaban J connectivity index is 2.17. The number of nitrogens with zero attached hydrogens (tertiary/aromatic N) is 1. The summed E-state index contributed by atoms with van der Waals surface area (Å²) in [5.74, 6) is 0. The molecule has 0 amide bonds. The van der Waals surface area contributed by atoms with E-state index in [0.29, 0.717) is 6.61 Å². The van der Waals surface area contributed by atoms with Gasteiger partial charge in [-0.1, -0.05) is 0 Å². The molecular weight excluding hydrogens is 150 g/mol. The minimum atomic E-state index is 0.361. The zero-order chi connectivity index (χ0) is 8.86. The highest BCUT2D eigenvalue weighted by Crippen LogP contribution is 2.16. The van der Waals surface area contributed by atoms with Gasteiger partial charge in [0.05, 0.1) is 26.7 Å². The van der Waals surface area contributed by atoms with Crippen molar-refractivity contribution in [3.8, 4) is 0 Å². The predicted molar refractivity (Wildman–Crippen MR) is 51.0 cm³/mol. The normalized spacial score (nSPS) is 22.5. The van der Waals surface area contributed by atoms with Gasteiger partial charge in [0.2, 0.25) is 0 Å². The maximum atomic E-state index is 8.67. The van der Waals surface area contributed by atoms with Gasteiger partial charge in [-0.2, -0.15) is 0 Å². The van der Waals surface area contributed by atoms with Gasteiger partial charge in [0.1, 0.15) is 0 Å². The highest BCUT2D eigenvalue weighted by Gasteiger charge is 2.23. The van der Waals surface area contributed by atoms with Crippen molar-refractivity contribution in [3.05, 3.63) is 0 Å². The maximum Gasteiger partial charge on any atom is 0.0785 e. The minimum absolute atomic E-state index is 0.361. The third-order valence-corrected chi connectivity index (χ3v) is 3.00. The van der Waals surface area contributed by atoms with E-state index in [4.69, 9.17) is 5.11 Å². The lowest BCUT2D eigenvalue weighted by atomic mass is 10.1. The Hall–Kier alpha value is -0.0800. The molecule has 0 aromatic carbocycles. The first kappa shape index (κ1) is 10.0. The van der Waals surface area contributed by atoms with Gasteiger partial charge in [0, 0.05) is 6.61 Å². The number of unbranched alkanes of at least 4 members (excludes halogenated alkanes) is 1. The van der Waals surface area contributed by atoms with Crippen molar-refractivity contribution in [2.75, 3.05) is 33.3 Å². The monoisotopic (exact) mass is 172 g/mol. The summed E-state index contributed by atoms with van der Waals surface area (Å²) < 4.78 is 1.25. The summed E-state index contributed by atoms with van der Waals surface area (Å²) in [6, 6.07) is 0. The van der Waals surface area contributed by atoms with E-state index in [1.807, 2.05) is 0 Å². The quantitative estimate of drug-likeness (QED) is 0.502. The Morgan fingerprint density at radius 2 is 1.75 bits per heavy atom. The molecule has 1 saturated heterocycles. The summed E-state index contributed by atoms with van der Waals surface area (Å²) in [5.41, 5.74) is 0. The Morgan fingerprint density at radius 3 is 2.33 bits per heavy atom. The number of likely N-dealkylation sites (tertiary alicyclic amines) is 1. The lowest BCUT2D eigenvalue weighted by molar-refractivity contribution is -0.914. The first-order valence-corrected chi connectivity index (χ1v) is 5.21. The van der Waals surface area contributed by atoms with Crippen LogP contribution in [0, 0.1) is 0 Å². The molecule has 1 aliphatic rings. The van der Waals surface area contributed by atoms with Crippen LogP contribution in [0.4, 0.5) is 0 Å². The van der Waals surface area contributed by atoms with E-state index in [2.05, 4.69) is 7.05 Å². The van der Waals surface area contributed by atoms with Gasteiger partial charge in [0.25, 0.3) is 0 Å². The van der Waals surface area contributed by atoms with Crippen LogP contribution in [0.2, 0.25) is 0 Å². The van der Waals surface area contributed by atoms with E-state index in [0.717, 1.165) is 6.42 Å². The van der Waals surface area contributed by atoms with E-state index >= 15 is 0 Å². The first-order valence-electron chi connectivity index (χ1n) is 5.21. The largest absolute Gasteiger partial charge is 0.396 e. The molecule has 72 valence electrons. The van der Waals surface area contributed by atoms with Gasteiger partial charge in [0.15, 0.2) is 0 Å². The van der Waals surface area contributed by atoms with Gasteiger partial charge in [-0.05, 0) is 32.1 Å². The Bertz CT molecular complexity index is 119. The van der Waals surface area contributed by atoms with Crippen molar-refractivity contribution < 1.29 is 9.59 Å². The van der Waals surface area contributed by atoms with Crippen molar-refractivity contribution in [3.63, 3.8) is 0 Å². The Morgan fingerprint density at radius 1 is 1.08 bits per heavy atom. The third-order valence-electron chi connectivity index (χ3n) is 3.00. The van der Waals surface area contributed by atoms with Gasteiger partial charge in [-0.25, -0.2) is 0 Å². The molecule has 0 saturated carbocycles. The number of piperidine rings is 1. The zero-order valence-corrected chi connectivity index (χ0v) is 8.26. The molecule has 1 N–H and O–H groups in total. The minimum Gasteiger partial charge on any atom is -0.396 e. The van der Waals surface area contributed by atoms with Crippen molar-refractivity contribution in [2.45, 2.75) is 32.1 Å². The molecule has 0 unspecified atom stereocenters. The molecular formula is C10H22NO+. The number of hydrogen-bond acceptors (Lipinski definition) is 1. The fraction of sp³-hybridized carbons (Fsp3) is 1.00. The zero-order valence-electron chi connectivity index (χ0n) is 8.26. The summed E-state index contributed by atoms with van der Waals surface area (Å²) >= 11 is 0. The number of quaternary nitrogens is 1. The highest BCUT2D eigenvalue weighted by molar-refractivity contribution is 4.51. The lowest BCUT2D eigenvalue weighted by Crippen LogP contribution is -2.48. The van der Waals surface area contributed by atoms with Crippen molar-refractivity contribution >= 4 is 0 Å². The molecule has 0 spiro atoms. The Labute approximate surface area is 75.8 Å². The lowest BCUT2D eigenvalue weighted by Gasteiger charge is -2.37. The second-order valence-electron chi connectivity index (χ2n) is 4.28. The molecule has 0 bridgehead atoms. The van der Waals surface area contributed by atoms with Gasteiger partial charge < -0.3 is 9.59 Å². The fourth-order valence-corrected chi connectivity index (χ4v) is 2.10. The van der Waals surface area contributed by atoms with Crippen LogP contribution in [0.1, 0.15) is 32.1 Å². The molecule has 12 heavy (non-hydrogen) atoms.